The first kappa shape index (κ1) is 8.26. The highest BCUT2D eigenvalue weighted by atomic mass is 19.1. The molecule has 0 aliphatic carbocycles. The van der Waals surface area contributed by atoms with E-state index < -0.39 is 12.3 Å². The standard InChI is InChI=1S/C6H11FN2O2/c7-4-1-5(8)3-9(2-4)6(10)11/h4-5H,1-3,8H2,(H,10,11)/t4-,5+/m0/s1. The fraction of sp³-hybridized carbons (Fsp3) is 0.833. The lowest BCUT2D eigenvalue weighted by molar-refractivity contribution is 0.0991. The number of likely N-dealkylation sites (tertiary alicyclic amines) is 1. The molecule has 0 aromatic heterocycles. The number of rotatable bonds is 0. The zero-order valence-corrected chi connectivity index (χ0v) is 6.03. The van der Waals surface area contributed by atoms with Crippen molar-refractivity contribution in [2.45, 2.75) is 18.6 Å². The summed E-state index contributed by atoms with van der Waals surface area (Å²) in [7, 11) is 0. The van der Waals surface area contributed by atoms with Crippen LogP contribution in [0.1, 0.15) is 6.42 Å². The van der Waals surface area contributed by atoms with Gasteiger partial charge in [0.15, 0.2) is 0 Å². The van der Waals surface area contributed by atoms with Crippen LogP contribution in [-0.2, 0) is 0 Å². The van der Waals surface area contributed by atoms with Crippen LogP contribution < -0.4 is 5.73 Å². The van der Waals surface area contributed by atoms with Crippen LogP contribution in [0.25, 0.3) is 0 Å². The van der Waals surface area contributed by atoms with Crippen molar-refractivity contribution in [3.8, 4) is 0 Å². The Balaban J connectivity index is 2.49. The first-order valence-electron chi connectivity index (χ1n) is 3.47. The molecule has 1 amide bonds. The molecule has 11 heavy (non-hydrogen) atoms. The Bertz CT molecular complexity index is 155. The SMILES string of the molecule is N[C@@H]1C[C@H](F)CN(C(=O)O)C1. The predicted molar refractivity (Wildman–Crippen MR) is 37.1 cm³/mol. The maximum atomic E-state index is 12.7. The molecule has 0 unspecified atom stereocenters. The van der Waals surface area contributed by atoms with Crippen molar-refractivity contribution < 1.29 is 14.3 Å². The summed E-state index contributed by atoms with van der Waals surface area (Å²) >= 11 is 0. The van der Waals surface area contributed by atoms with Crippen molar-refractivity contribution in [2.24, 2.45) is 5.73 Å². The van der Waals surface area contributed by atoms with Gasteiger partial charge in [0, 0.05) is 12.6 Å². The molecule has 0 radical (unpaired) electrons. The first-order chi connectivity index (χ1) is 5.09. The average molecular weight is 162 g/mol. The predicted octanol–water partition coefficient (Wildman–Crippen LogP) is 0.0355. The molecule has 1 aliphatic rings. The fourth-order valence-electron chi connectivity index (χ4n) is 1.23. The molecule has 1 fully saturated rings. The summed E-state index contributed by atoms with van der Waals surface area (Å²) in [5.41, 5.74) is 5.41. The summed E-state index contributed by atoms with van der Waals surface area (Å²) in [6.45, 7) is 0.207. The molecule has 0 aromatic rings. The molecule has 64 valence electrons. The van der Waals surface area contributed by atoms with Gasteiger partial charge in [-0.3, -0.25) is 0 Å². The molecule has 5 heteroatoms. The maximum Gasteiger partial charge on any atom is 0.407 e. The van der Waals surface area contributed by atoms with Gasteiger partial charge in [0.05, 0.1) is 6.54 Å². The summed E-state index contributed by atoms with van der Waals surface area (Å²) in [4.78, 5) is 11.4. The van der Waals surface area contributed by atoms with E-state index in [9.17, 15) is 9.18 Å². The number of hydrogen-bond acceptors (Lipinski definition) is 2. The Hall–Kier alpha value is -0.840. The van der Waals surface area contributed by atoms with E-state index in [0.717, 1.165) is 4.90 Å². The summed E-state index contributed by atoms with van der Waals surface area (Å²) < 4.78 is 12.7. The van der Waals surface area contributed by atoms with Gasteiger partial charge in [-0.25, -0.2) is 9.18 Å². The normalized spacial score (nSPS) is 32.0. The van der Waals surface area contributed by atoms with Gasteiger partial charge < -0.3 is 15.7 Å². The van der Waals surface area contributed by atoms with Crippen molar-refractivity contribution in [2.75, 3.05) is 13.1 Å². The molecule has 0 spiro atoms. The van der Waals surface area contributed by atoms with Gasteiger partial charge in [0.2, 0.25) is 0 Å². The van der Waals surface area contributed by atoms with E-state index in [1.54, 1.807) is 0 Å². The van der Waals surface area contributed by atoms with E-state index >= 15 is 0 Å². The van der Waals surface area contributed by atoms with Gasteiger partial charge in [-0.15, -0.1) is 0 Å². The maximum absolute atomic E-state index is 12.7. The first-order valence-corrected chi connectivity index (χ1v) is 3.47. The molecule has 0 saturated carbocycles. The van der Waals surface area contributed by atoms with Gasteiger partial charge in [-0.1, -0.05) is 0 Å². The van der Waals surface area contributed by atoms with E-state index in [4.69, 9.17) is 10.8 Å². The number of carbonyl (C=O) groups is 1. The van der Waals surface area contributed by atoms with E-state index in [1.807, 2.05) is 0 Å². The molecule has 4 nitrogen and oxygen atoms in total. The second kappa shape index (κ2) is 3.04. The minimum absolute atomic E-state index is 0.0387. The lowest BCUT2D eigenvalue weighted by Gasteiger charge is -2.30. The zero-order chi connectivity index (χ0) is 8.43. The Morgan fingerprint density at radius 1 is 1.64 bits per heavy atom. The molecule has 0 bridgehead atoms. The van der Waals surface area contributed by atoms with Crippen molar-refractivity contribution in [1.29, 1.82) is 0 Å². The van der Waals surface area contributed by atoms with Crippen LogP contribution >= 0.6 is 0 Å². The van der Waals surface area contributed by atoms with Gasteiger partial charge >= 0.3 is 6.09 Å². The van der Waals surface area contributed by atoms with Crippen LogP contribution in [0.5, 0.6) is 0 Å². The van der Waals surface area contributed by atoms with Crippen LogP contribution in [0.2, 0.25) is 0 Å². The number of alkyl halides is 1. The van der Waals surface area contributed by atoms with Crippen LogP contribution in [-0.4, -0.2) is 41.4 Å². The summed E-state index contributed by atoms with van der Waals surface area (Å²) in [5.74, 6) is 0. The lowest BCUT2D eigenvalue weighted by atomic mass is 10.1. The van der Waals surface area contributed by atoms with E-state index in [-0.39, 0.29) is 25.6 Å². The molecule has 1 heterocycles. The van der Waals surface area contributed by atoms with Gasteiger partial charge in [-0.05, 0) is 6.42 Å². The second-order valence-corrected chi connectivity index (χ2v) is 2.78. The van der Waals surface area contributed by atoms with E-state index in [1.165, 1.54) is 0 Å². The molecular weight excluding hydrogens is 151 g/mol. The van der Waals surface area contributed by atoms with Gasteiger partial charge in [0.1, 0.15) is 6.17 Å². The summed E-state index contributed by atoms with van der Waals surface area (Å²) in [6, 6.07) is -0.352. The highest BCUT2D eigenvalue weighted by Crippen LogP contribution is 2.11. The summed E-state index contributed by atoms with van der Waals surface area (Å²) in [5, 5.41) is 8.48. The van der Waals surface area contributed by atoms with Crippen LogP contribution in [0.4, 0.5) is 9.18 Å². The Kier molecular flexibility index (Phi) is 2.28. The molecule has 1 aliphatic heterocycles. The van der Waals surface area contributed by atoms with Crippen molar-refractivity contribution in [3.63, 3.8) is 0 Å². The Labute approximate surface area is 63.8 Å². The smallest absolute Gasteiger partial charge is 0.407 e. The van der Waals surface area contributed by atoms with Crippen LogP contribution in [0, 0.1) is 0 Å². The lowest BCUT2D eigenvalue weighted by Crippen LogP contribution is -2.49. The molecule has 0 aromatic carbocycles. The van der Waals surface area contributed by atoms with E-state index in [0.29, 0.717) is 0 Å². The van der Waals surface area contributed by atoms with Crippen molar-refractivity contribution in [3.05, 3.63) is 0 Å². The monoisotopic (exact) mass is 162 g/mol. The van der Waals surface area contributed by atoms with Gasteiger partial charge in [0.25, 0.3) is 0 Å². The molecule has 2 atom stereocenters. The molecular formula is C6H11FN2O2. The topological polar surface area (TPSA) is 66.6 Å². The third kappa shape index (κ3) is 2.04. The van der Waals surface area contributed by atoms with Gasteiger partial charge in [-0.2, -0.15) is 0 Å². The van der Waals surface area contributed by atoms with Crippen molar-refractivity contribution >= 4 is 6.09 Å². The quantitative estimate of drug-likeness (QED) is 0.528. The zero-order valence-electron chi connectivity index (χ0n) is 6.03. The van der Waals surface area contributed by atoms with E-state index in [2.05, 4.69) is 0 Å². The number of halogens is 1. The molecule has 1 saturated heterocycles. The summed E-state index contributed by atoms with van der Waals surface area (Å²) in [6.07, 6.45) is -1.93. The number of hydrogen-bond donors (Lipinski definition) is 2. The molecule has 3 N–H and O–H groups in total. The number of amides is 1. The Morgan fingerprint density at radius 3 is 2.73 bits per heavy atom. The third-order valence-electron chi connectivity index (χ3n) is 1.70. The highest BCUT2D eigenvalue weighted by Gasteiger charge is 2.27. The fourth-order valence-corrected chi connectivity index (χ4v) is 1.23. The second-order valence-electron chi connectivity index (χ2n) is 2.78. The highest BCUT2D eigenvalue weighted by molar-refractivity contribution is 5.65. The number of nitrogens with zero attached hydrogens (tertiary/aromatic N) is 1. The van der Waals surface area contributed by atoms with Crippen LogP contribution in [0.3, 0.4) is 0 Å². The van der Waals surface area contributed by atoms with Crippen molar-refractivity contribution in [1.82, 2.24) is 4.90 Å². The number of carboxylic acid groups (broad SMARTS) is 1. The number of piperidine rings is 1. The Morgan fingerprint density at radius 2 is 2.27 bits per heavy atom. The minimum Gasteiger partial charge on any atom is -0.465 e. The van der Waals surface area contributed by atoms with Crippen LogP contribution in [0.15, 0.2) is 0 Å². The largest absolute Gasteiger partial charge is 0.465 e. The number of nitrogens with two attached hydrogens (primary N) is 1. The molecule has 1 rings (SSSR count). The minimum atomic E-state index is -1.10. The third-order valence-corrected chi connectivity index (χ3v) is 1.70. The average Bonchev–Trinajstić information content (AvgIpc) is 1.85.